The summed E-state index contributed by atoms with van der Waals surface area (Å²) in [7, 11) is 12.6. The number of aryl methyl sites for hydroxylation is 6. The first kappa shape index (κ1) is 96.1. The van der Waals surface area contributed by atoms with Crippen LogP contribution in [0.2, 0.25) is 0 Å². The quantitative estimate of drug-likeness (QED) is 0.0231. The number of rotatable bonds is 37. The number of pyridine rings is 6. The zero-order chi connectivity index (χ0) is 69.4. The van der Waals surface area contributed by atoms with Gasteiger partial charge in [0.2, 0.25) is 33.1 Å². The molecule has 0 saturated carbocycles. The molecule has 0 spiro atoms. The minimum atomic E-state index is 0. The molecule has 19 heteroatoms. The Bertz CT molecular complexity index is 4040. The smallest absolute Gasteiger partial charge is 0.216 e. The lowest BCUT2D eigenvalue weighted by Crippen LogP contribution is -3.00. The number of nitrogens with zero attached hydrogens (tertiary/aromatic N) is 6. The maximum atomic E-state index is 6.09. The van der Waals surface area contributed by atoms with Crippen molar-refractivity contribution < 1.29 is 186 Å². The van der Waals surface area contributed by atoms with Crippen LogP contribution >= 0.6 is 0 Å². The topological polar surface area (TPSA) is 121 Å². The highest BCUT2D eigenvalue weighted by Crippen LogP contribution is 2.27. The van der Waals surface area contributed by atoms with E-state index in [1.165, 1.54) is 217 Å². The molecule has 0 radical (unpaired) electrons. The Morgan fingerprint density at radius 3 is 0.626 bits per heavy atom. The van der Waals surface area contributed by atoms with Crippen LogP contribution in [-0.4, -0.2) is 44.9 Å². The fraction of sp³-hybridized carbons (Fsp3) is 0.386. The Labute approximate surface area is 741 Å². The lowest BCUT2D eigenvalue weighted by Gasteiger charge is -2.09. The van der Waals surface area contributed by atoms with Crippen molar-refractivity contribution in [3.8, 4) is 11.5 Å². The van der Waals surface area contributed by atoms with Crippen LogP contribution in [-0.2, 0) is 42.3 Å². The molecule has 0 aliphatic rings. The molecule has 0 atom stereocenters. The maximum absolute atomic E-state index is 6.09. The molecule has 6 N–H and O–H groups in total. The van der Waals surface area contributed by atoms with Gasteiger partial charge >= 0.3 is 0 Å². The molecule has 12 aromatic rings. The lowest BCUT2D eigenvalue weighted by atomic mass is 10.1. The van der Waals surface area contributed by atoms with Gasteiger partial charge in [0.15, 0.2) is 37.2 Å². The number of ether oxygens (including phenoxy) is 2. The van der Waals surface area contributed by atoms with E-state index in [0.29, 0.717) is 0 Å². The number of aromatic nitrogens is 6. The SMILES string of the molecule is C[n+]1ccc(NCCCCCCCCCCNc2cc[n+](C)c3ccccc23)c2ccccc21.C[n+]1ccc(NCCCCCCCCNc2cc[n+](C)c3ccccc23)c2ccccc21.C[n+]1ccc(OCCCCCCCCCCOc2cc[n+](C)c3ccccc23)c2ccccc21.O.[I-].[I-].[I-].[I-].[I-].[I-]. The number of unbranched alkanes of at least 4 members (excludes halogenated alkanes) is 19. The summed E-state index contributed by atoms with van der Waals surface area (Å²) in [5.74, 6) is 1.99. The fourth-order valence-corrected chi connectivity index (χ4v) is 13.8. The number of benzene rings is 6. The van der Waals surface area contributed by atoms with Gasteiger partial charge in [-0.05, 0) is 74.9 Å². The van der Waals surface area contributed by atoms with E-state index in [1.54, 1.807) is 0 Å². The molecule has 0 aliphatic heterocycles. The van der Waals surface area contributed by atoms with Gasteiger partial charge in [-0.2, -0.15) is 0 Å². The van der Waals surface area contributed by atoms with Gasteiger partial charge in [0.05, 0.1) is 68.3 Å². The van der Waals surface area contributed by atoms with E-state index in [0.717, 1.165) is 63.7 Å². The van der Waals surface area contributed by atoms with Crippen molar-refractivity contribution in [3.05, 3.63) is 219 Å². The third kappa shape index (κ3) is 29.8. The first-order valence-corrected chi connectivity index (χ1v) is 37.7. The van der Waals surface area contributed by atoms with Crippen molar-refractivity contribution in [2.24, 2.45) is 42.3 Å². The van der Waals surface area contributed by atoms with Crippen LogP contribution in [0, 0.1) is 0 Å². The third-order valence-electron chi connectivity index (χ3n) is 19.7. The Balaban J connectivity index is 0.000000403. The number of anilines is 4. The van der Waals surface area contributed by atoms with E-state index < -0.39 is 0 Å². The van der Waals surface area contributed by atoms with Gasteiger partial charge in [-0.25, -0.2) is 27.4 Å². The van der Waals surface area contributed by atoms with E-state index in [9.17, 15) is 0 Å². The highest BCUT2D eigenvalue weighted by atomic mass is 127. The van der Waals surface area contributed by atoms with Crippen molar-refractivity contribution in [1.82, 2.24) is 0 Å². The molecule has 0 amide bonds. The van der Waals surface area contributed by atoms with Crippen molar-refractivity contribution in [2.45, 2.75) is 141 Å². The van der Waals surface area contributed by atoms with Crippen LogP contribution < -0.4 is 202 Å². The van der Waals surface area contributed by atoms with Gasteiger partial charge in [-0.3, -0.25) is 0 Å². The van der Waals surface area contributed by atoms with E-state index >= 15 is 0 Å². The molecule has 12 rings (SSSR count). The molecule has 0 saturated heterocycles. The predicted molar refractivity (Wildman–Crippen MR) is 421 cm³/mol. The maximum Gasteiger partial charge on any atom is 0.216 e. The van der Waals surface area contributed by atoms with Gasteiger partial charge in [-0.1, -0.05) is 176 Å². The Kier molecular flexibility index (Phi) is 48.3. The van der Waals surface area contributed by atoms with Crippen LogP contribution in [0.1, 0.15) is 141 Å². The standard InChI is InChI=1S/C30H38N4.C30H38N2O2.C28H34N4.6HI.H2O/c1-33-23-19-27(25-15-9-11-17-29(25)33)31-21-13-7-5-3-4-6-8-14-22-32-28-20-24-34(2)30-18-12-10-16-26(28)30;1-31-21-19-29(25-15-9-11-17-27(25)31)33-23-13-7-5-3-4-6-8-14-24-34-30-20-22-32(2)28-18-12-10-16-26(28)30;1-31-21-17-25(23-13-7-9-15-27(23)31)29-19-11-5-3-4-6-12-20-30-26-18-22-32(2)28-16-10-8-14-24(26)28;;;;;;;/h9-12,15-20,23-24H,3-8,13-14,21-22H2,1-2H3;9-12,15-22H,3-8,13-14,23-24H2,1-2H3;7-10,13-18,21-22H,3-6,11-12,19-20H2,1-2H3;6*1H;1H2/q;+2;;;;;;;;/p-2. The number of hydrogen-bond acceptors (Lipinski definition) is 6. The number of halogens is 6. The number of hydrogen-bond donors (Lipinski definition) is 4. The molecule has 578 valence electrons. The molecule has 13 nitrogen and oxygen atoms in total. The number of para-hydroxylation sites is 6. The number of fused-ring (bicyclic) bond motifs is 6. The average molecular weight is 2120 g/mol. The second-order valence-corrected chi connectivity index (χ2v) is 27.2. The van der Waals surface area contributed by atoms with Crippen LogP contribution in [0.4, 0.5) is 22.7 Å². The summed E-state index contributed by atoms with van der Waals surface area (Å²) in [4.78, 5) is 0. The van der Waals surface area contributed by atoms with Crippen LogP contribution in [0.3, 0.4) is 0 Å². The summed E-state index contributed by atoms with van der Waals surface area (Å²) in [5, 5.41) is 22.1. The molecule has 0 bridgehead atoms. The van der Waals surface area contributed by atoms with Gasteiger partial charge in [-0.15, -0.1) is 0 Å². The summed E-state index contributed by atoms with van der Waals surface area (Å²) in [5.41, 5.74) is 12.5. The zero-order valence-electron chi connectivity index (χ0n) is 63.9. The van der Waals surface area contributed by atoms with Crippen LogP contribution in [0.15, 0.2) is 219 Å². The summed E-state index contributed by atoms with van der Waals surface area (Å²) in [6, 6.07) is 64.1. The fourth-order valence-electron chi connectivity index (χ4n) is 13.8. The first-order valence-electron chi connectivity index (χ1n) is 37.7. The molecule has 0 unspecified atom stereocenters. The molecule has 6 aromatic carbocycles. The summed E-state index contributed by atoms with van der Waals surface area (Å²) in [6.07, 6.45) is 40.8. The third-order valence-corrected chi connectivity index (χ3v) is 19.7. The number of nitrogens with one attached hydrogen (secondary N) is 4. The molecule has 6 heterocycles. The van der Waals surface area contributed by atoms with E-state index in [2.05, 4.69) is 310 Å². The summed E-state index contributed by atoms with van der Waals surface area (Å²) >= 11 is 0. The van der Waals surface area contributed by atoms with Crippen molar-refractivity contribution in [1.29, 1.82) is 0 Å². The molecule has 6 aromatic heterocycles. The van der Waals surface area contributed by atoms with Gasteiger partial charge in [0, 0.05) is 99.0 Å². The molecular formula is C88H116I6N10O3. The second kappa shape index (κ2) is 53.7. The Morgan fingerprint density at radius 1 is 0.215 bits per heavy atom. The second-order valence-electron chi connectivity index (χ2n) is 27.2. The van der Waals surface area contributed by atoms with Gasteiger partial charge < -0.3 is 180 Å². The van der Waals surface area contributed by atoms with Crippen LogP contribution in [0.5, 0.6) is 11.5 Å². The minimum absolute atomic E-state index is 0. The van der Waals surface area contributed by atoms with Crippen molar-refractivity contribution >= 4 is 88.2 Å². The van der Waals surface area contributed by atoms with Crippen molar-refractivity contribution in [3.63, 3.8) is 0 Å². The Hall–Kier alpha value is -5.08. The summed E-state index contributed by atoms with van der Waals surface area (Å²) in [6.45, 7) is 5.77. The van der Waals surface area contributed by atoms with E-state index in [1.807, 2.05) is 0 Å². The molecule has 107 heavy (non-hydrogen) atoms. The van der Waals surface area contributed by atoms with E-state index in [4.69, 9.17) is 9.47 Å². The highest BCUT2D eigenvalue weighted by Gasteiger charge is 2.15. The Morgan fingerprint density at radius 2 is 0.393 bits per heavy atom. The molecular weight excluding hydrogens is 2010 g/mol. The zero-order valence-corrected chi connectivity index (χ0v) is 76.8. The lowest BCUT2D eigenvalue weighted by molar-refractivity contribution is -0.645. The summed E-state index contributed by atoms with van der Waals surface area (Å²) < 4.78 is 25.2. The largest absolute Gasteiger partial charge is 1.00 e. The van der Waals surface area contributed by atoms with Crippen LogP contribution in [0.25, 0.3) is 65.4 Å². The average Bonchev–Trinajstić information content (AvgIpc) is 0.859. The predicted octanol–water partition coefficient (Wildman–Crippen LogP) is -0.787. The van der Waals surface area contributed by atoms with Crippen molar-refractivity contribution in [2.75, 3.05) is 60.7 Å². The van der Waals surface area contributed by atoms with E-state index in [-0.39, 0.29) is 149 Å². The molecule has 0 aliphatic carbocycles. The van der Waals surface area contributed by atoms with Gasteiger partial charge in [0.1, 0.15) is 53.8 Å². The minimum Gasteiger partial charge on any atom is -1.00 e. The van der Waals surface area contributed by atoms with Gasteiger partial charge in [0.25, 0.3) is 0 Å². The highest BCUT2D eigenvalue weighted by molar-refractivity contribution is 5.91. The monoisotopic (exact) mass is 2120 g/mol. The molecule has 0 fully saturated rings. The first-order chi connectivity index (χ1) is 49.2. The normalized spacial score (nSPS) is 10.5.